The Kier molecular flexibility index (Phi) is 12.3. The first-order valence-electron chi connectivity index (χ1n) is 17.2. The summed E-state index contributed by atoms with van der Waals surface area (Å²) in [7, 11) is 0. The molecule has 2 N–H and O–H groups in total. The highest BCUT2D eigenvalue weighted by Crippen LogP contribution is 2.62. The smallest absolute Gasteiger partial charge is 0.311 e. The second-order valence-electron chi connectivity index (χ2n) is 13.7. The number of rotatable bonds is 17. The van der Waals surface area contributed by atoms with Crippen molar-refractivity contribution in [2.24, 2.45) is 17.3 Å². The molecular formula is C36H58O4. The van der Waals surface area contributed by atoms with Gasteiger partial charge in [0.25, 0.3) is 0 Å². The highest BCUT2D eigenvalue weighted by molar-refractivity contribution is 5.73. The zero-order valence-corrected chi connectivity index (χ0v) is 25.7. The first-order chi connectivity index (χ1) is 19.4. The number of aliphatic hydroxyl groups is 1. The molecule has 0 amide bonds. The second-order valence-corrected chi connectivity index (χ2v) is 13.7. The van der Waals surface area contributed by atoms with Gasteiger partial charge in [-0.05, 0) is 79.7 Å². The summed E-state index contributed by atoms with van der Waals surface area (Å²) in [6.45, 7) is 4.57. The Morgan fingerprint density at radius 2 is 1.45 bits per heavy atom. The number of fused-ring (bicyclic) bond motifs is 5. The molecule has 1 aromatic rings. The van der Waals surface area contributed by atoms with Crippen LogP contribution in [0.25, 0.3) is 0 Å². The van der Waals surface area contributed by atoms with Gasteiger partial charge >= 0.3 is 5.97 Å². The van der Waals surface area contributed by atoms with E-state index in [4.69, 9.17) is 4.74 Å². The lowest BCUT2D eigenvalue weighted by atomic mass is 9.55. The van der Waals surface area contributed by atoms with E-state index in [1.807, 2.05) is 6.07 Å². The van der Waals surface area contributed by atoms with E-state index < -0.39 is 0 Å². The van der Waals surface area contributed by atoms with E-state index in [2.05, 4.69) is 13.8 Å². The van der Waals surface area contributed by atoms with Crippen LogP contribution in [-0.2, 0) is 11.2 Å². The molecule has 4 nitrogen and oxygen atoms in total. The zero-order valence-electron chi connectivity index (χ0n) is 25.7. The molecule has 2 saturated carbocycles. The molecule has 1 aromatic carbocycles. The van der Waals surface area contributed by atoms with Crippen molar-refractivity contribution in [3.05, 3.63) is 23.3 Å². The van der Waals surface area contributed by atoms with Crippen LogP contribution < -0.4 is 4.74 Å². The van der Waals surface area contributed by atoms with Gasteiger partial charge < -0.3 is 14.9 Å². The van der Waals surface area contributed by atoms with Crippen molar-refractivity contribution in [3.8, 4) is 11.5 Å². The third-order valence-electron chi connectivity index (χ3n) is 10.9. The number of aryl methyl sites for hydroxylation is 1. The van der Waals surface area contributed by atoms with Crippen LogP contribution in [0.3, 0.4) is 0 Å². The molecule has 4 heteroatoms. The highest BCUT2D eigenvalue weighted by Gasteiger charge is 2.54. The van der Waals surface area contributed by atoms with Gasteiger partial charge in [-0.25, -0.2) is 0 Å². The van der Waals surface area contributed by atoms with Gasteiger partial charge in [-0.3, -0.25) is 4.79 Å². The van der Waals surface area contributed by atoms with Crippen molar-refractivity contribution < 1.29 is 19.7 Å². The van der Waals surface area contributed by atoms with E-state index in [9.17, 15) is 15.0 Å². The molecule has 0 unspecified atom stereocenters. The molecule has 226 valence electrons. The molecule has 0 spiro atoms. The van der Waals surface area contributed by atoms with Gasteiger partial charge in [0.15, 0.2) is 0 Å². The van der Waals surface area contributed by atoms with Crippen LogP contribution in [0.5, 0.6) is 11.5 Å². The van der Waals surface area contributed by atoms with Crippen LogP contribution in [0.15, 0.2) is 12.1 Å². The first kappa shape index (κ1) is 31.4. The number of aliphatic hydroxyl groups excluding tert-OH is 1. The minimum absolute atomic E-state index is 0.0278. The number of phenolic OH excluding ortho intramolecular Hbond substituents is 1. The van der Waals surface area contributed by atoms with E-state index in [1.165, 1.54) is 89.0 Å². The van der Waals surface area contributed by atoms with Gasteiger partial charge in [0.1, 0.15) is 11.5 Å². The molecule has 3 aliphatic rings. The van der Waals surface area contributed by atoms with Crippen molar-refractivity contribution >= 4 is 5.97 Å². The molecule has 3 aliphatic carbocycles. The summed E-state index contributed by atoms with van der Waals surface area (Å²) >= 11 is 0. The number of carbonyl (C=O) groups is 1. The van der Waals surface area contributed by atoms with Gasteiger partial charge in [-0.15, -0.1) is 0 Å². The molecule has 40 heavy (non-hydrogen) atoms. The summed E-state index contributed by atoms with van der Waals surface area (Å²) in [6.07, 6.45) is 26.0. The molecule has 0 heterocycles. The third kappa shape index (κ3) is 8.05. The molecular weight excluding hydrogens is 496 g/mol. The standard InChI is InChI=1S/C36H58O4/c1-3-4-5-6-7-8-9-10-11-12-13-14-15-16-17-18-34(39)40-32-26-28(37)25-27-19-20-29-30(35(27)32)23-24-36(2)31(29)21-22-33(36)38/h25-26,29-31,33,37-38H,3-24H2,1-2H3/t29-,30-,31-,33-,36-/m0/s1. The zero-order chi connectivity index (χ0) is 28.4. The number of aromatic hydroxyl groups is 1. The Hall–Kier alpha value is -1.55. The Bertz CT molecular complexity index is 926. The Morgan fingerprint density at radius 3 is 2.08 bits per heavy atom. The minimum atomic E-state index is -0.188. The van der Waals surface area contributed by atoms with Crippen molar-refractivity contribution in [3.63, 3.8) is 0 Å². The number of ether oxygens (including phenoxy) is 1. The van der Waals surface area contributed by atoms with Crippen molar-refractivity contribution in [1.29, 1.82) is 0 Å². The second kappa shape index (κ2) is 15.6. The Morgan fingerprint density at radius 1 is 0.850 bits per heavy atom. The lowest BCUT2D eigenvalue weighted by Crippen LogP contribution is -2.44. The molecule has 0 bridgehead atoms. The van der Waals surface area contributed by atoms with Gasteiger partial charge in [0.05, 0.1) is 6.10 Å². The van der Waals surface area contributed by atoms with Gasteiger partial charge in [-0.2, -0.15) is 0 Å². The topological polar surface area (TPSA) is 66.8 Å². The summed E-state index contributed by atoms with van der Waals surface area (Å²) in [5, 5.41) is 21.1. The maximum absolute atomic E-state index is 12.8. The fourth-order valence-electron chi connectivity index (χ4n) is 8.54. The lowest BCUT2D eigenvalue weighted by molar-refractivity contribution is -0.134. The number of esters is 1. The van der Waals surface area contributed by atoms with Crippen LogP contribution in [0, 0.1) is 17.3 Å². The average Bonchev–Trinajstić information content (AvgIpc) is 3.24. The molecule has 5 atom stereocenters. The molecule has 2 fully saturated rings. The predicted octanol–water partition coefficient (Wildman–Crippen LogP) is 9.78. The van der Waals surface area contributed by atoms with Crippen molar-refractivity contribution in [2.75, 3.05) is 0 Å². The number of hydrogen-bond acceptors (Lipinski definition) is 4. The number of phenols is 1. The van der Waals surface area contributed by atoms with Crippen LogP contribution in [0.4, 0.5) is 0 Å². The summed E-state index contributed by atoms with van der Waals surface area (Å²) in [5.41, 5.74) is 2.35. The summed E-state index contributed by atoms with van der Waals surface area (Å²) in [4.78, 5) is 12.8. The van der Waals surface area contributed by atoms with Crippen LogP contribution in [0.2, 0.25) is 0 Å². The van der Waals surface area contributed by atoms with Crippen LogP contribution in [-0.4, -0.2) is 22.3 Å². The van der Waals surface area contributed by atoms with Crippen LogP contribution in [0.1, 0.15) is 166 Å². The lowest BCUT2D eigenvalue weighted by Gasteiger charge is -2.50. The monoisotopic (exact) mass is 554 g/mol. The van der Waals surface area contributed by atoms with E-state index in [0.717, 1.165) is 56.9 Å². The number of hydrogen-bond donors (Lipinski definition) is 2. The van der Waals surface area contributed by atoms with Gasteiger partial charge in [0, 0.05) is 18.1 Å². The average molecular weight is 555 g/mol. The fraction of sp³-hybridized carbons (Fsp3) is 0.806. The minimum Gasteiger partial charge on any atom is -0.508 e. The van der Waals surface area contributed by atoms with Crippen molar-refractivity contribution in [1.82, 2.24) is 0 Å². The molecule has 4 rings (SSSR count). The number of unbranched alkanes of at least 4 members (excludes halogenated alkanes) is 14. The maximum Gasteiger partial charge on any atom is 0.311 e. The Labute approximate surface area is 244 Å². The number of carbonyl (C=O) groups excluding carboxylic acids is 1. The summed E-state index contributed by atoms with van der Waals surface area (Å²) < 4.78 is 5.97. The third-order valence-corrected chi connectivity index (χ3v) is 10.9. The van der Waals surface area contributed by atoms with E-state index in [1.54, 1.807) is 6.07 Å². The van der Waals surface area contributed by atoms with E-state index >= 15 is 0 Å². The van der Waals surface area contributed by atoms with E-state index in [0.29, 0.717) is 29.9 Å². The number of benzene rings is 1. The highest BCUT2D eigenvalue weighted by atomic mass is 16.5. The first-order valence-corrected chi connectivity index (χ1v) is 17.2. The van der Waals surface area contributed by atoms with Gasteiger partial charge in [0.2, 0.25) is 0 Å². The van der Waals surface area contributed by atoms with Crippen LogP contribution >= 0.6 is 0 Å². The SMILES string of the molecule is CCCCCCCCCCCCCCCCCC(=O)Oc1cc(O)cc2c1[C@H]1CC[C@]3(C)[C@@H](O)CC[C@H]3[C@H]1CC2. The fourth-order valence-corrected chi connectivity index (χ4v) is 8.54. The molecule has 0 saturated heterocycles. The molecule has 0 radical (unpaired) electrons. The molecule has 0 aromatic heterocycles. The quantitative estimate of drug-likeness (QED) is 0.114. The maximum atomic E-state index is 12.8. The predicted molar refractivity (Wildman–Crippen MR) is 164 cm³/mol. The Balaban J connectivity index is 1.14. The van der Waals surface area contributed by atoms with Gasteiger partial charge in [-0.1, -0.05) is 104 Å². The largest absolute Gasteiger partial charge is 0.508 e. The van der Waals surface area contributed by atoms with E-state index in [-0.39, 0.29) is 23.2 Å². The van der Waals surface area contributed by atoms with Crippen molar-refractivity contribution in [2.45, 2.75) is 167 Å². The summed E-state index contributed by atoms with van der Waals surface area (Å²) in [5.74, 6) is 2.05. The normalized spacial score (nSPS) is 27.2. The summed E-state index contributed by atoms with van der Waals surface area (Å²) in [6, 6.07) is 3.55. The molecule has 0 aliphatic heterocycles.